The van der Waals surface area contributed by atoms with Crippen LogP contribution in [0.1, 0.15) is 40.5 Å². The van der Waals surface area contributed by atoms with Gasteiger partial charge in [-0.1, -0.05) is 27.7 Å². The maximum atomic E-state index is 12.2. The summed E-state index contributed by atoms with van der Waals surface area (Å²) >= 11 is 0. The van der Waals surface area contributed by atoms with E-state index in [0.29, 0.717) is 12.0 Å². The van der Waals surface area contributed by atoms with Crippen LogP contribution >= 0.6 is 0 Å². The van der Waals surface area contributed by atoms with Crippen LogP contribution in [0.5, 0.6) is 0 Å². The van der Waals surface area contributed by atoms with Gasteiger partial charge in [-0.2, -0.15) is 0 Å². The summed E-state index contributed by atoms with van der Waals surface area (Å²) in [5.74, 6) is 0.936. The second-order valence-corrected chi connectivity index (χ2v) is 6.15. The van der Waals surface area contributed by atoms with Crippen molar-refractivity contribution in [3.05, 3.63) is 0 Å². The molecule has 0 aromatic heterocycles. The van der Waals surface area contributed by atoms with Crippen molar-refractivity contribution in [3.8, 4) is 0 Å². The molecule has 1 fully saturated rings. The molecule has 5 heteroatoms. The number of ketones is 1. The third-order valence-electron chi connectivity index (χ3n) is 3.64. The maximum Gasteiger partial charge on any atom is 0.188 e. The van der Waals surface area contributed by atoms with Gasteiger partial charge in [-0.25, -0.2) is 0 Å². The first kappa shape index (κ1) is 16.0. The zero-order valence-electron chi connectivity index (χ0n) is 12.6. The van der Waals surface area contributed by atoms with Crippen molar-refractivity contribution in [1.82, 2.24) is 10.2 Å². The molecule has 1 aliphatic heterocycles. The fourth-order valence-electron chi connectivity index (χ4n) is 2.65. The Morgan fingerprint density at radius 3 is 2.47 bits per heavy atom. The fraction of sp³-hybridized carbons (Fsp3) is 0.857. The monoisotopic (exact) mass is 268 g/mol. The Morgan fingerprint density at radius 1 is 1.42 bits per heavy atom. The number of rotatable bonds is 6. The largest absolute Gasteiger partial charge is 0.370 e. The molecule has 0 aromatic carbocycles. The number of nitrogens with one attached hydrogen (secondary N) is 2. The van der Waals surface area contributed by atoms with Crippen LogP contribution in [0.15, 0.2) is 0 Å². The van der Waals surface area contributed by atoms with Crippen molar-refractivity contribution < 1.29 is 4.79 Å². The topological polar surface area (TPSA) is 82.2 Å². The van der Waals surface area contributed by atoms with Crippen molar-refractivity contribution in [2.75, 3.05) is 13.1 Å². The van der Waals surface area contributed by atoms with Gasteiger partial charge in [-0.05, 0) is 18.8 Å². The van der Waals surface area contributed by atoms with Gasteiger partial charge in [-0.15, -0.1) is 0 Å². The average molecular weight is 268 g/mol. The Labute approximate surface area is 116 Å². The summed E-state index contributed by atoms with van der Waals surface area (Å²) < 4.78 is 0. The van der Waals surface area contributed by atoms with E-state index in [1.807, 2.05) is 18.7 Å². The molecule has 0 saturated carbocycles. The lowest BCUT2D eigenvalue weighted by atomic mass is 9.91. The molecule has 0 radical (unpaired) electrons. The molecule has 0 amide bonds. The van der Waals surface area contributed by atoms with Crippen molar-refractivity contribution in [3.63, 3.8) is 0 Å². The predicted molar refractivity (Wildman–Crippen MR) is 78.1 cm³/mol. The van der Waals surface area contributed by atoms with Gasteiger partial charge in [0.05, 0.1) is 6.04 Å². The third kappa shape index (κ3) is 4.82. The highest BCUT2D eigenvalue weighted by Crippen LogP contribution is 2.22. The third-order valence-corrected chi connectivity index (χ3v) is 3.64. The molecule has 0 spiro atoms. The summed E-state index contributed by atoms with van der Waals surface area (Å²) in [5, 5.41) is 10.8. The molecule has 2 atom stereocenters. The minimum absolute atomic E-state index is 0.0570. The molecule has 4 N–H and O–H groups in total. The second kappa shape index (κ2) is 6.89. The van der Waals surface area contributed by atoms with Gasteiger partial charge < -0.3 is 16.0 Å². The Bertz CT molecular complexity index is 327. The summed E-state index contributed by atoms with van der Waals surface area (Å²) in [6.45, 7) is 9.68. The predicted octanol–water partition coefficient (Wildman–Crippen LogP) is 1.18. The van der Waals surface area contributed by atoms with Gasteiger partial charge in [0.25, 0.3) is 0 Å². The molecule has 110 valence electrons. The first-order valence-electron chi connectivity index (χ1n) is 7.20. The summed E-state index contributed by atoms with van der Waals surface area (Å²) in [5.41, 5.74) is 5.51. The number of carbonyl (C=O) groups excluding carboxylic acids is 1. The number of nitrogens with zero attached hydrogens (tertiary/aromatic N) is 1. The Morgan fingerprint density at radius 2 is 2.05 bits per heavy atom. The van der Waals surface area contributed by atoms with E-state index in [1.165, 1.54) is 0 Å². The minimum Gasteiger partial charge on any atom is -0.370 e. The highest BCUT2D eigenvalue weighted by atomic mass is 16.1. The lowest BCUT2D eigenvalue weighted by molar-refractivity contribution is -0.124. The van der Waals surface area contributed by atoms with Crippen molar-refractivity contribution in [2.24, 2.45) is 17.6 Å². The van der Waals surface area contributed by atoms with E-state index in [2.05, 4.69) is 19.2 Å². The molecular weight excluding hydrogens is 240 g/mol. The van der Waals surface area contributed by atoms with E-state index in [-0.39, 0.29) is 23.7 Å². The quantitative estimate of drug-likeness (QED) is 0.499. The first-order chi connectivity index (χ1) is 8.81. The van der Waals surface area contributed by atoms with Gasteiger partial charge in [0.15, 0.2) is 11.7 Å². The molecule has 1 heterocycles. The minimum atomic E-state index is -0.0723. The summed E-state index contributed by atoms with van der Waals surface area (Å²) in [6.07, 6.45) is 1.86. The lowest BCUT2D eigenvalue weighted by Crippen LogP contribution is -2.44. The number of nitrogens with two attached hydrogens (primary N) is 1. The number of carbonyl (C=O) groups is 1. The Hall–Kier alpha value is -1.10. The Balaban J connectivity index is 2.58. The lowest BCUT2D eigenvalue weighted by Gasteiger charge is -2.25. The van der Waals surface area contributed by atoms with Gasteiger partial charge in [0.1, 0.15) is 0 Å². The van der Waals surface area contributed by atoms with E-state index < -0.39 is 0 Å². The number of hydrogen-bond acceptors (Lipinski definition) is 3. The molecule has 0 aliphatic carbocycles. The van der Waals surface area contributed by atoms with E-state index in [9.17, 15) is 4.79 Å². The van der Waals surface area contributed by atoms with Crippen LogP contribution in [-0.4, -0.2) is 41.8 Å². The SMILES string of the molecule is CC(C)N[C@@H](CC1CCN(C(=N)N)C1)C(=O)C(C)C. The normalized spacial score (nSPS) is 21.2. The van der Waals surface area contributed by atoms with Gasteiger partial charge in [-0.3, -0.25) is 10.2 Å². The standard InChI is InChI=1S/C14H28N4O/c1-9(2)13(19)12(17-10(3)4)7-11-5-6-18(8-11)14(15)16/h9-12,17H,5-8H2,1-4H3,(H3,15,16)/t11?,12-/m0/s1. The molecule has 19 heavy (non-hydrogen) atoms. The van der Waals surface area contributed by atoms with Crippen LogP contribution in [0, 0.1) is 17.2 Å². The molecule has 1 aliphatic rings. The zero-order chi connectivity index (χ0) is 14.6. The van der Waals surface area contributed by atoms with Gasteiger partial charge in [0.2, 0.25) is 0 Å². The fourth-order valence-corrected chi connectivity index (χ4v) is 2.65. The van der Waals surface area contributed by atoms with Crippen molar-refractivity contribution in [2.45, 2.75) is 52.6 Å². The average Bonchev–Trinajstić information content (AvgIpc) is 2.75. The van der Waals surface area contributed by atoms with Crippen LogP contribution in [-0.2, 0) is 4.79 Å². The molecule has 1 rings (SSSR count). The van der Waals surface area contributed by atoms with Crippen molar-refractivity contribution >= 4 is 11.7 Å². The highest BCUT2D eigenvalue weighted by Gasteiger charge is 2.29. The molecule has 5 nitrogen and oxygen atoms in total. The summed E-state index contributed by atoms with van der Waals surface area (Å²) in [6, 6.07) is 0.231. The second-order valence-electron chi connectivity index (χ2n) is 6.15. The number of Topliss-reactive ketones (excluding diaryl/α,β-unsaturated/α-hetero) is 1. The van der Waals surface area contributed by atoms with E-state index >= 15 is 0 Å². The van der Waals surface area contributed by atoms with Crippen LogP contribution < -0.4 is 11.1 Å². The molecule has 0 bridgehead atoms. The van der Waals surface area contributed by atoms with Crippen LogP contribution in [0.3, 0.4) is 0 Å². The molecule has 1 saturated heterocycles. The zero-order valence-corrected chi connectivity index (χ0v) is 12.6. The van der Waals surface area contributed by atoms with Crippen molar-refractivity contribution in [1.29, 1.82) is 5.41 Å². The molecular formula is C14H28N4O. The van der Waals surface area contributed by atoms with Crippen LogP contribution in [0.4, 0.5) is 0 Å². The van der Waals surface area contributed by atoms with Gasteiger partial charge >= 0.3 is 0 Å². The number of guanidine groups is 1. The highest BCUT2D eigenvalue weighted by molar-refractivity contribution is 5.85. The van der Waals surface area contributed by atoms with E-state index in [0.717, 1.165) is 25.9 Å². The molecule has 1 unspecified atom stereocenters. The first-order valence-corrected chi connectivity index (χ1v) is 7.20. The van der Waals surface area contributed by atoms with Crippen LogP contribution in [0.2, 0.25) is 0 Å². The number of hydrogen-bond donors (Lipinski definition) is 3. The number of likely N-dealkylation sites (tertiary alicyclic amines) is 1. The molecule has 0 aromatic rings. The summed E-state index contributed by atoms with van der Waals surface area (Å²) in [7, 11) is 0. The van der Waals surface area contributed by atoms with Crippen LogP contribution in [0.25, 0.3) is 0 Å². The van der Waals surface area contributed by atoms with Gasteiger partial charge in [0, 0.05) is 25.0 Å². The van der Waals surface area contributed by atoms with E-state index in [4.69, 9.17) is 11.1 Å². The smallest absolute Gasteiger partial charge is 0.188 e. The summed E-state index contributed by atoms with van der Waals surface area (Å²) in [4.78, 5) is 14.1. The maximum absolute atomic E-state index is 12.2. The van der Waals surface area contributed by atoms with E-state index in [1.54, 1.807) is 0 Å². The Kier molecular flexibility index (Phi) is 5.79.